The van der Waals surface area contributed by atoms with Crippen molar-refractivity contribution in [2.24, 2.45) is 0 Å². The van der Waals surface area contributed by atoms with Crippen LogP contribution in [0.2, 0.25) is 0 Å². The lowest BCUT2D eigenvalue weighted by molar-refractivity contribution is -0.111. The molecule has 0 aliphatic heterocycles. The molecular weight excluding hydrogens is 454 g/mol. The van der Waals surface area contributed by atoms with E-state index in [2.05, 4.69) is 25.6 Å². The Labute approximate surface area is 200 Å². The number of fused-ring (bicyclic) bond motifs is 1. The van der Waals surface area contributed by atoms with Gasteiger partial charge in [-0.1, -0.05) is 24.3 Å². The van der Waals surface area contributed by atoms with E-state index < -0.39 is 17.5 Å². The number of aromatic amines is 1. The summed E-state index contributed by atoms with van der Waals surface area (Å²) in [4.78, 5) is 25.5. The first-order chi connectivity index (χ1) is 16.9. The minimum atomic E-state index is -0.679. The summed E-state index contributed by atoms with van der Waals surface area (Å²) in [5, 5.41) is 6.25. The first-order valence-electron chi connectivity index (χ1n) is 10.7. The van der Waals surface area contributed by atoms with Crippen LogP contribution in [0.15, 0.2) is 60.9 Å². The van der Waals surface area contributed by atoms with Gasteiger partial charge in [-0.3, -0.25) is 4.79 Å². The van der Waals surface area contributed by atoms with Crippen molar-refractivity contribution in [2.75, 3.05) is 38.4 Å². The number of anilines is 3. The van der Waals surface area contributed by atoms with Gasteiger partial charge in [0.1, 0.15) is 11.4 Å². The van der Waals surface area contributed by atoms with Crippen molar-refractivity contribution in [1.82, 2.24) is 19.9 Å². The van der Waals surface area contributed by atoms with E-state index in [0.717, 1.165) is 23.2 Å². The molecule has 2 aromatic heterocycles. The number of carbonyl (C=O) groups excluding carboxylic acids is 1. The number of hydrogen-bond donors (Lipinski definition) is 3. The van der Waals surface area contributed by atoms with Crippen LogP contribution in [0.25, 0.3) is 22.2 Å². The normalized spacial score (nSPS) is 11.4. The first kappa shape index (κ1) is 23.8. The molecule has 3 N–H and O–H groups in total. The molecule has 1 amide bonds. The maximum Gasteiger partial charge on any atom is 0.248 e. The number of carbonyl (C=O) groups is 1. The lowest BCUT2D eigenvalue weighted by Crippen LogP contribution is -2.13. The van der Waals surface area contributed by atoms with Crippen LogP contribution in [0.5, 0.6) is 5.75 Å². The van der Waals surface area contributed by atoms with Gasteiger partial charge in [0, 0.05) is 41.4 Å². The predicted molar refractivity (Wildman–Crippen MR) is 132 cm³/mol. The van der Waals surface area contributed by atoms with Crippen molar-refractivity contribution in [3.05, 3.63) is 72.6 Å². The van der Waals surface area contributed by atoms with Crippen LogP contribution in [0.4, 0.5) is 26.1 Å². The lowest BCUT2D eigenvalue weighted by Gasteiger charge is -2.14. The highest BCUT2D eigenvalue weighted by molar-refractivity contribution is 6.00. The third-order valence-corrected chi connectivity index (χ3v) is 5.12. The van der Waals surface area contributed by atoms with Gasteiger partial charge in [0.25, 0.3) is 0 Å². The number of amides is 1. The Hall–Kier alpha value is -4.31. The van der Waals surface area contributed by atoms with Crippen molar-refractivity contribution in [3.8, 4) is 17.0 Å². The second-order valence-electron chi connectivity index (χ2n) is 7.95. The molecule has 0 aliphatic rings. The van der Waals surface area contributed by atoms with Gasteiger partial charge in [-0.2, -0.15) is 0 Å². The van der Waals surface area contributed by atoms with Gasteiger partial charge < -0.3 is 25.3 Å². The summed E-state index contributed by atoms with van der Waals surface area (Å²) in [6, 6.07) is 9.97. The second-order valence-corrected chi connectivity index (χ2v) is 7.95. The second kappa shape index (κ2) is 10.3. The molecule has 180 valence electrons. The van der Waals surface area contributed by atoms with E-state index in [-0.39, 0.29) is 28.8 Å². The maximum atomic E-state index is 14.7. The zero-order valence-electron chi connectivity index (χ0n) is 19.4. The Morgan fingerprint density at radius 2 is 1.97 bits per heavy atom. The summed E-state index contributed by atoms with van der Waals surface area (Å²) < 4.78 is 34.5. The van der Waals surface area contributed by atoms with E-state index in [1.807, 2.05) is 43.3 Å². The van der Waals surface area contributed by atoms with Gasteiger partial charge in [0.15, 0.2) is 11.6 Å². The molecule has 0 spiro atoms. The van der Waals surface area contributed by atoms with Gasteiger partial charge >= 0.3 is 0 Å². The molecule has 0 saturated carbocycles. The SMILES string of the molecule is COc1cc(F)c(NC(=O)/C=C/CN(C)C)cc1Nc1ncc(F)c(-c2c[nH]c3ccccc23)n1. The Balaban J connectivity index is 1.63. The number of aromatic nitrogens is 3. The summed E-state index contributed by atoms with van der Waals surface area (Å²) in [6.45, 7) is 0.561. The van der Waals surface area contributed by atoms with Crippen molar-refractivity contribution in [1.29, 1.82) is 0 Å². The highest BCUT2D eigenvalue weighted by atomic mass is 19.1. The van der Waals surface area contributed by atoms with Gasteiger partial charge in [0.2, 0.25) is 11.9 Å². The molecule has 0 bridgehead atoms. The van der Waals surface area contributed by atoms with Gasteiger partial charge in [0.05, 0.1) is 24.7 Å². The highest BCUT2D eigenvalue weighted by Crippen LogP contribution is 2.34. The number of ether oxygens (including phenoxy) is 1. The van der Waals surface area contributed by atoms with Crippen molar-refractivity contribution in [2.45, 2.75) is 0 Å². The molecule has 0 unspecified atom stereocenters. The van der Waals surface area contributed by atoms with Gasteiger partial charge in [-0.25, -0.2) is 18.7 Å². The third kappa shape index (κ3) is 5.44. The molecule has 0 fully saturated rings. The third-order valence-electron chi connectivity index (χ3n) is 5.12. The van der Waals surface area contributed by atoms with E-state index in [9.17, 15) is 13.6 Å². The molecule has 0 aliphatic carbocycles. The smallest absolute Gasteiger partial charge is 0.248 e. The van der Waals surface area contributed by atoms with E-state index in [0.29, 0.717) is 12.1 Å². The highest BCUT2D eigenvalue weighted by Gasteiger charge is 2.17. The standard InChI is InChI=1S/C25H24F2N6O2/c1-33(2)10-6-9-23(34)30-20-12-21(22(35-3)11-17(20)26)31-25-29-14-18(27)24(32-25)16-13-28-19-8-5-4-7-15(16)19/h4-9,11-14,28H,10H2,1-3H3,(H,30,34)(H,29,31,32)/b9-6+. The molecule has 4 aromatic rings. The molecule has 8 nitrogen and oxygen atoms in total. The number of nitrogens with zero attached hydrogens (tertiary/aromatic N) is 3. The number of hydrogen-bond acceptors (Lipinski definition) is 6. The largest absolute Gasteiger partial charge is 0.494 e. The zero-order chi connectivity index (χ0) is 24.9. The zero-order valence-corrected chi connectivity index (χ0v) is 19.4. The van der Waals surface area contributed by atoms with E-state index in [4.69, 9.17) is 4.74 Å². The summed E-state index contributed by atoms with van der Waals surface area (Å²) in [6.07, 6.45) is 5.72. The number of nitrogens with one attached hydrogen (secondary N) is 3. The molecule has 0 atom stereocenters. The van der Waals surface area contributed by atoms with Gasteiger partial charge in [-0.15, -0.1) is 0 Å². The molecule has 4 rings (SSSR count). The Morgan fingerprint density at radius 1 is 1.17 bits per heavy atom. The first-order valence-corrected chi connectivity index (χ1v) is 10.7. The van der Waals surface area contributed by atoms with E-state index in [1.54, 1.807) is 12.3 Å². The molecule has 2 aromatic carbocycles. The van der Waals surface area contributed by atoms with Crippen LogP contribution >= 0.6 is 0 Å². The van der Waals surface area contributed by atoms with Crippen LogP contribution in [-0.2, 0) is 4.79 Å². The minimum Gasteiger partial charge on any atom is -0.494 e. The number of para-hydroxylation sites is 1. The topological polar surface area (TPSA) is 95.2 Å². The van der Waals surface area contributed by atoms with Crippen LogP contribution < -0.4 is 15.4 Å². The fourth-order valence-electron chi connectivity index (χ4n) is 3.47. The van der Waals surface area contributed by atoms with Crippen molar-refractivity contribution >= 4 is 34.1 Å². The quantitative estimate of drug-likeness (QED) is 0.318. The van der Waals surface area contributed by atoms with Crippen LogP contribution in [0.1, 0.15) is 0 Å². The van der Waals surface area contributed by atoms with Crippen LogP contribution in [0, 0.1) is 11.6 Å². The predicted octanol–water partition coefficient (Wildman–Crippen LogP) is 4.71. The fourth-order valence-corrected chi connectivity index (χ4v) is 3.47. The van der Waals surface area contributed by atoms with E-state index >= 15 is 0 Å². The summed E-state index contributed by atoms with van der Waals surface area (Å²) in [7, 11) is 5.11. The van der Waals surface area contributed by atoms with Crippen molar-refractivity contribution < 1.29 is 18.3 Å². The minimum absolute atomic E-state index is 0.0632. The monoisotopic (exact) mass is 478 g/mol. The number of halogens is 2. The number of likely N-dealkylation sites (N-methyl/N-ethyl adjacent to an activating group) is 1. The number of benzene rings is 2. The average Bonchev–Trinajstić information content (AvgIpc) is 3.26. The van der Waals surface area contributed by atoms with Gasteiger partial charge in [-0.05, 0) is 26.2 Å². The molecule has 2 heterocycles. The van der Waals surface area contributed by atoms with E-state index in [1.165, 1.54) is 19.3 Å². The Bertz CT molecular complexity index is 1400. The molecule has 0 saturated heterocycles. The molecule has 0 radical (unpaired) electrons. The Morgan fingerprint density at radius 3 is 2.74 bits per heavy atom. The molecule has 10 heteroatoms. The van der Waals surface area contributed by atoms with Crippen LogP contribution in [0.3, 0.4) is 0 Å². The Kier molecular flexibility index (Phi) is 7.02. The maximum absolute atomic E-state index is 14.7. The fraction of sp³-hybridized carbons (Fsp3) is 0.160. The van der Waals surface area contributed by atoms with Crippen molar-refractivity contribution in [3.63, 3.8) is 0 Å². The lowest BCUT2D eigenvalue weighted by atomic mass is 10.1. The number of rotatable bonds is 8. The molecular formula is C25H24F2N6O2. The summed E-state index contributed by atoms with van der Waals surface area (Å²) in [5.41, 5.74) is 1.74. The number of H-pyrrole nitrogens is 1. The average molecular weight is 479 g/mol. The summed E-state index contributed by atoms with van der Waals surface area (Å²) >= 11 is 0. The summed E-state index contributed by atoms with van der Waals surface area (Å²) in [5.74, 6) is -1.53. The number of methoxy groups -OCH3 is 1. The molecule has 35 heavy (non-hydrogen) atoms. The van der Waals surface area contributed by atoms with Crippen LogP contribution in [-0.4, -0.2) is 53.5 Å².